The van der Waals surface area contributed by atoms with Gasteiger partial charge in [0.1, 0.15) is 17.1 Å². The number of hydrogen-bond donors (Lipinski definition) is 2. The Labute approximate surface area is 173 Å². The van der Waals surface area contributed by atoms with Crippen molar-refractivity contribution in [3.8, 4) is 11.5 Å². The molecule has 8 nitrogen and oxygen atoms in total. The molecule has 0 unspecified atom stereocenters. The summed E-state index contributed by atoms with van der Waals surface area (Å²) in [6, 6.07) is 5.98. The fourth-order valence-electron chi connectivity index (χ4n) is 2.82. The Bertz CT molecular complexity index is 711. The summed E-state index contributed by atoms with van der Waals surface area (Å²) in [4.78, 5) is 18.5. The molecule has 1 saturated carbocycles. The van der Waals surface area contributed by atoms with Crippen molar-refractivity contribution < 1.29 is 19.0 Å². The topological polar surface area (TPSA) is 84.4 Å². The third-order valence-electron chi connectivity index (χ3n) is 4.42. The molecule has 1 aliphatic rings. The Hall–Kier alpha value is -2.64. The van der Waals surface area contributed by atoms with E-state index in [4.69, 9.17) is 14.2 Å². The summed E-state index contributed by atoms with van der Waals surface area (Å²) < 4.78 is 16.2. The van der Waals surface area contributed by atoms with E-state index in [0.29, 0.717) is 25.6 Å². The third-order valence-corrected chi connectivity index (χ3v) is 4.42. The van der Waals surface area contributed by atoms with Gasteiger partial charge in [-0.1, -0.05) is 0 Å². The molecule has 0 aliphatic heterocycles. The summed E-state index contributed by atoms with van der Waals surface area (Å²) in [7, 11) is 4.97. The van der Waals surface area contributed by atoms with Crippen LogP contribution in [0.4, 0.5) is 4.79 Å². The third kappa shape index (κ3) is 7.36. The molecule has 0 heterocycles. The van der Waals surface area contributed by atoms with Crippen molar-refractivity contribution in [1.82, 2.24) is 15.5 Å². The maximum absolute atomic E-state index is 12.4. The first-order chi connectivity index (χ1) is 13.8. The summed E-state index contributed by atoms with van der Waals surface area (Å²) >= 11 is 0. The van der Waals surface area contributed by atoms with E-state index in [0.717, 1.165) is 29.9 Å². The van der Waals surface area contributed by atoms with E-state index in [1.807, 2.05) is 39.0 Å². The van der Waals surface area contributed by atoms with Crippen molar-refractivity contribution in [3.63, 3.8) is 0 Å². The largest absolute Gasteiger partial charge is 0.497 e. The van der Waals surface area contributed by atoms with E-state index in [2.05, 4.69) is 15.6 Å². The molecule has 8 heteroatoms. The minimum absolute atomic E-state index is 0.257. The smallest absolute Gasteiger partial charge is 0.410 e. The van der Waals surface area contributed by atoms with Crippen LogP contribution >= 0.6 is 0 Å². The lowest BCUT2D eigenvalue weighted by Crippen LogP contribution is -2.45. The number of hydrogen-bond acceptors (Lipinski definition) is 5. The molecule has 2 N–H and O–H groups in total. The van der Waals surface area contributed by atoms with Gasteiger partial charge in [0.2, 0.25) is 0 Å². The second-order valence-corrected chi connectivity index (χ2v) is 7.94. The summed E-state index contributed by atoms with van der Waals surface area (Å²) in [5, 5.41) is 6.52. The average Bonchev–Trinajstić information content (AvgIpc) is 3.50. The zero-order valence-corrected chi connectivity index (χ0v) is 18.4. The SMILES string of the molecule is CN=C(NCCN(C(=O)OC(C)(C)C)C1CC1)NCc1ccc(OC)cc1OC. The van der Waals surface area contributed by atoms with Crippen molar-refractivity contribution in [2.45, 2.75) is 51.8 Å². The van der Waals surface area contributed by atoms with E-state index >= 15 is 0 Å². The average molecular weight is 407 g/mol. The molecule has 162 valence electrons. The van der Waals surface area contributed by atoms with Crippen molar-refractivity contribution in [1.29, 1.82) is 0 Å². The Morgan fingerprint density at radius 2 is 1.93 bits per heavy atom. The Morgan fingerprint density at radius 1 is 1.21 bits per heavy atom. The number of nitrogens with zero attached hydrogens (tertiary/aromatic N) is 2. The maximum Gasteiger partial charge on any atom is 0.410 e. The minimum atomic E-state index is -0.493. The summed E-state index contributed by atoms with van der Waals surface area (Å²) in [5.74, 6) is 2.15. The molecule has 0 radical (unpaired) electrons. The van der Waals surface area contributed by atoms with Gasteiger partial charge in [0.25, 0.3) is 0 Å². The number of ether oxygens (including phenoxy) is 3. The Morgan fingerprint density at radius 3 is 2.48 bits per heavy atom. The summed E-state index contributed by atoms with van der Waals surface area (Å²) in [5.41, 5.74) is 0.497. The van der Waals surface area contributed by atoms with Gasteiger partial charge in [0.05, 0.1) is 14.2 Å². The fraction of sp³-hybridized carbons (Fsp3) is 0.619. The molecule has 1 fully saturated rings. The Balaban J connectivity index is 1.85. The van der Waals surface area contributed by atoms with Crippen LogP contribution in [-0.4, -0.2) is 63.0 Å². The van der Waals surface area contributed by atoms with Crippen LogP contribution in [0, 0.1) is 0 Å². The first-order valence-corrected chi connectivity index (χ1v) is 9.92. The van der Waals surface area contributed by atoms with Gasteiger partial charge < -0.3 is 29.7 Å². The number of rotatable bonds is 8. The number of aliphatic imine (C=N–C) groups is 1. The highest BCUT2D eigenvalue weighted by molar-refractivity contribution is 5.79. The van der Waals surface area contributed by atoms with Gasteiger partial charge in [0, 0.05) is 44.4 Å². The molecular formula is C21H34N4O4. The highest BCUT2D eigenvalue weighted by Crippen LogP contribution is 2.28. The van der Waals surface area contributed by atoms with Crippen molar-refractivity contribution in [2.24, 2.45) is 4.99 Å². The summed E-state index contributed by atoms with van der Waals surface area (Å²) in [6.07, 6.45) is 1.81. The maximum atomic E-state index is 12.4. The predicted molar refractivity (Wildman–Crippen MR) is 114 cm³/mol. The highest BCUT2D eigenvalue weighted by atomic mass is 16.6. The van der Waals surface area contributed by atoms with E-state index in [9.17, 15) is 4.79 Å². The lowest BCUT2D eigenvalue weighted by atomic mass is 10.2. The molecule has 0 atom stereocenters. The highest BCUT2D eigenvalue weighted by Gasteiger charge is 2.34. The minimum Gasteiger partial charge on any atom is -0.497 e. The molecule has 0 spiro atoms. The molecule has 1 aromatic rings. The van der Waals surface area contributed by atoms with E-state index in [1.54, 1.807) is 26.2 Å². The molecule has 0 aromatic heterocycles. The van der Waals surface area contributed by atoms with Gasteiger partial charge in [-0.3, -0.25) is 4.99 Å². The molecular weight excluding hydrogens is 372 g/mol. The molecule has 1 amide bonds. The van der Waals surface area contributed by atoms with Gasteiger partial charge in [-0.15, -0.1) is 0 Å². The summed E-state index contributed by atoms with van der Waals surface area (Å²) in [6.45, 7) is 7.33. The van der Waals surface area contributed by atoms with Crippen molar-refractivity contribution in [3.05, 3.63) is 23.8 Å². The zero-order chi connectivity index (χ0) is 21.4. The predicted octanol–water partition coefficient (Wildman–Crippen LogP) is 2.77. The molecule has 1 aliphatic carbocycles. The molecule has 2 rings (SSSR count). The van der Waals surface area contributed by atoms with Crippen LogP contribution in [0.25, 0.3) is 0 Å². The van der Waals surface area contributed by atoms with Gasteiger partial charge in [-0.25, -0.2) is 4.79 Å². The first kappa shape index (κ1) is 22.6. The van der Waals surface area contributed by atoms with Crippen LogP contribution in [0.5, 0.6) is 11.5 Å². The number of nitrogens with one attached hydrogen (secondary N) is 2. The number of methoxy groups -OCH3 is 2. The number of carbonyl (C=O) groups excluding carboxylic acids is 1. The van der Waals surface area contributed by atoms with Crippen LogP contribution in [0.2, 0.25) is 0 Å². The van der Waals surface area contributed by atoms with Gasteiger partial charge in [-0.05, 0) is 45.7 Å². The molecule has 1 aromatic carbocycles. The van der Waals surface area contributed by atoms with Gasteiger partial charge >= 0.3 is 6.09 Å². The number of amides is 1. The van der Waals surface area contributed by atoms with Gasteiger partial charge in [0.15, 0.2) is 5.96 Å². The molecule has 29 heavy (non-hydrogen) atoms. The normalized spacial score (nSPS) is 14.2. The quantitative estimate of drug-likeness (QED) is 0.510. The Kier molecular flexibility index (Phi) is 7.99. The number of guanidine groups is 1. The van der Waals surface area contributed by atoms with Crippen molar-refractivity contribution >= 4 is 12.1 Å². The van der Waals surface area contributed by atoms with Crippen LogP contribution < -0.4 is 20.1 Å². The van der Waals surface area contributed by atoms with E-state index in [-0.39, 0.29) is 12.1 Å². The lowest BCUT2D eigenvalue weighted by Gasteiger charge is -2.27. The lowest BCUT2D eigenvalue weighted by molar-refractivity contribution is 0.0238. The number of carbonyl (C=O) groups is 1. The fourth-order valence-corrected chi connectivity index (χ4v) is 2.82. The van der Waals surface area contributed by atoms with E-state index in [1.165, 1.54) is 0 Å². The van der Waals surface area contributed by atoms with Crippen LogP contribution in [0.3, 0.4) is 0 Å². The van der Waals surface area contributed by atoms with E-state index < -0.39 is 5.60 Å². The van der Waals surface area contributed by atoms with Crippen LogP contribution in [0.15, 0.2) is 23.2 Å². The van der Waals surface area contributed by atoms with Crippen LogP contribution in [0.1, 0.15) is 39.2 Å². The van der Waals surface area contributed by atoms with Crippen molar-refractivity contribution in [2.75, 3.05) is 34.4 Å². The second-order valence-electron chi connectivity index (χ2n) is 7.94. The van der Waals surface area contributed by atoms with Crippen LogP contribution in [-0.2, 0) is 11.3 Å². The zero-order valence-electron chi connectivity index (χ0n) is 18.4. The molecule has 0 saturated heterocycles. The first-order valence-electron chi connectivity index (χ1n) is 9.92. The molecule has 0 bridgehead atoms. The monoisotopic (exact) mass is 406 g/mol. The number of benzene rings is 1. The standard InChI is InChI=1S/C21H34N4O4/c1-21(2,3)29-20(26)25(16-8-9-16)12-11-23-19(22-4)24-14-15-7-10-17(27-5)13-18(15)28-6/h7,10,13,16H,8-9,11-12,14H2,1-6H3,(H2,22,23,24). The second kappa shape index (κ2) is 10.2. The van der Waals surface area contributed by atoms with Gasteiger partial charge in [-0.2, -0.15) is 0 Å².